The Kier molecular flexibility index (Phi) is 4.68. The first-order valence-corrected chi connectivity index (χ1v) is 10.3. The molecule has 0 unspecified atom stereocenters. The third-order valence-electron chi connectivity index (χ3n) is 6.02. The normalized spacial score (nSPS) is 17.5. The van der Waals surface area contributed by atoms with Crippen molar-refractivity contribution >= 4 is 28.5 Å². The minimum atomic E-state index is 0.104. The van der Waals surface area contributed by atoms with Crippen molar-refractivity contribution in [3.05, 3.63) is 41.5 Å². The van der Waals surface area contributed by atoms with Gasteiger partial charge in [0.1, 0.15) is 11.9 Å². The Hall–Kier alpha value is -3.31. The van der Waals surface area contributed by atoms with Crippen molar-refractivity contribution in [3.8, 4) is 6.07 Å². The minimum Gasteiger partial charge on any atom is -0.378 e. The predicted molar refractivity (Wildman–Crippen MR) is 114 cm³/mol. The van der Waals surface area contributed by atoms with Crippen molar-refractivity contribution in [2.24, 2.45) is 0 Å². The maximum absolute atomic E-state index is 12.8. The molecule has 8 nitrogen and oxygen atoms in total. The molecule has 2 amide bonds. The lowest BCUT2D eigenvalue weighted by molar-refractivity contribution is 0.0428. The summed E-state index contributed by atoms with van der Waals surface area (Å²) in [6.07, 6.45) is 0. The molecule has 2 aromatic heterocycles. The maximum Gasteiger partial charge on any atom is 0.320 e. The highest BCUT2D eigenvalue weighted by atomic mass is 16.5. The highest BCUT2D eigenvalue weighted by Crippen LogP contribution is 2.29. The van der Waals surface area contributed by atoms with Crippen LogP contribution in [0.2, 0.25) is 0 Å². The Morgan fingerprint density at radius 2 is 1.77 bits per heavy atom. The van der Waals surface area contributed by atoms with Crippen LogP contribution in [-0.2, 0) is 4.74 Å². The minimum absolute atomic E-state index is 0.104. The van der Waals surface area contributed by atoms with E-state index in [9.17, 15) is 10.1 Å². The SMILES string of the molecule is Cc1cc(N2CCN(C(=O)N3CCOCC3)CC2)n2c(nc3ccccc32)c1C#N. The van der Waals surface area contributed by atoms with Gasteiger partial charge in [-0.3, -0.25) is 4.40 Å². The number of aryl methyl sites for hydroxylation is 1. The molecule has 2 fully saturated rings. The van der Waals surface area contributed by atoms with E-state index < -0.39 is 0 Å². The number of fused-ring (bicyclic) bond motifs is 3. The van der Waals surface area contributed by atoms with E-state index in [0.29, 0.717) is 50.6 Å². The van der Waals surface area contributed by atoms with E-state index >= 15 is 0 Å². The summed E-state index contributed by atoms with van der Waals surface area (Å²) in [4.78, 5) is 23.6. The predicted octanol–water partition coefficient (Wildman–Crippen LogP) is 2.24. The number of para-hydroxylation sites is 2. The zero-order valence-electron chi connectivity index (χ0n) is 17.0. The van der Waals surface area contributed by atoms with Gasteiger partial charge in [0.25, 0.3) is 0 Å². The summed E-state index contributed by atoms with van der Waals surface area (Å²) in [5, 5.41) is 9.69. The third kappa shape index (κ3) is 3.02. The van der Waals surface area contributed by atoms with Crippen LogP contribution in [0, 0.1) is 18.3 Å². The summed E-state index contributed by atoms with van der Waals surface area (Å²) in [5.41, 5.74) is 4.09. The Morgan fingerprint density at radius 1 is 1.07 bits per heavy atom. The lowest BCUT2D eigenvalue weighted by Crippen LogP contribution is -2.55. The fourth-order valence-corrected chi connectivity index (χ4v) is 4.38. The molecule has 8 heteroatoms. The summed E-state index contributed by atoms with van der Waals surface area (Å²) in [5.74, 6) is 1.02. The second-order valence-electron chi connectivity index (χ2n) is 7.79. The van der Waals surface area contributed by atoms with Crippen LogP contribution < -0.4 is 4.90 Å². The fraction of sp³-hybridized carbons (Fsp3) is 0.409. The number of hydrogen-bond donors (Lipinski definition) is 0. The van der Waals surface area contributed by atoms with E-state index in [2.05, 4.69) is 21.4 Å². The van der Waals surface area contributed by atoms with Crippen molar-refractivity contribution in [2.45, 2.75) is 6.92 Å². The van der Waals surface area contributed by atoms with Crippen LogP contribution in [0.4, 0.5) is 10.6 Å². The highest BCUT2D eigenvalue weighted by Gasteiger charge is 2.28. The van der Waals surface area contributed by atoms with Gasteiger partial charge in [-0.2, -0.15) is 5.26 Å². The lowest BCUT2D eigenvalue weighted by atomic mass is 10.1. The Bertz CT molecular complexity index is 1150. The van der Waals surface area contributed by atoms with Gasteiger partial charge in [0.15, 0.2) is 5.65 Å². The molecule has 0 N–H and O–H groups in total. The number of carbonyl (C=O) groups excluding carboxylic acids is 1. The molecular formula is C22H24N6O2. The molecule has 2 aliphatic heterocycles. The first-order valence-electron chi connectivity index (χ1n) is 10.3. The first kappa shape index (κ1) is 18.7. The number of imidazole rings is 1. The summed E-state index contributed by atoms with van der Waals surface area (Å²) in [6, 6.07) is 12.5. The Balaban J connectivity index is 1.46. The topological polar surface area (TPSA) is 77.1 Å². The second kappa shape index (κ2) is 7.50. The van der Waals surface area contributed by atoms with E-state index in [1.165, 1.54) is 0 Å². The molecule has 1 aromatic carbocycles. The maximum atomic E-state index is 12.8. The number of piperazine rings is 1. The average molecular weight is 404 g/mol. The number of pyridine rings is 1. The van der Waals surface area contributed by atoms with Gasteiger partial charge in [0, 0.05) is 39.3 Å². The summed E-state index contributed by atoms with van der Waals surface area (Å²) >= 11 is 0. The van der Waals surface area contributed by atoms with Crippen molar-refractivity contribution in [1.82, 2.24) is 19.2 Å². The number of nitriles is 1. The first-order chi connectivity index (χ1) is 14.7. The highest BCUT2D eigenvalue weighted by molar-refractivity contribution is 5.85. The number of urea groups is 1. The van der Waals surface area contributed by atoms with Gasteiger partial charge in [0.2, 0.25) is 0 Å². The molecule has 2 aliphatic rings. The number of ether oxygens (including phenoxy) is 1. The molecule has 0 aliphatic carbocycles. The molecule has 0 bridgehead atoms. The van der Waals surface area contributed by atoms with Crippen LogP contribution in [-0.4, -0.2) is 77.7 Å². The molecule has 30 heavy (non-hydrogen) atoms. The molecule has 4 heterocycles. The number of carbonyl (C=O) groups is 1. The zero-order chi connectivity index (χ0) is 20.7. The Labute approximate surface area is 174 Å². The van der Waals surface area contributed by atoms with Crippen molar-refractivity contribution in [1.29, 1.82) is 5.26 Å². The van der Waals surface area contributed by atoms with Crippen molar-refractivity contribution < 1.29 is 9.53 Å². The van der Waals surface area contributed by atoms with Gasteiger partial charge < -0.3 is 19.4 Å². The summed E-state index contributed by atoms with van der Waals surface area (Å²) < 4.78 is 7.44. The number of nitrogens with zero attached hydrogens (tertiary/aromatic N) is 6. The molecule has 0 saturated carbocycles. The van der Waals surface area contributed by atoms with Gasteiger partial charge in [-0.1, -0.05) is 12.1 Å². The lowest BCUT2D eigenvalue weighted by Gasteiger charge is -2.39. The number of amides is 2. The number of aromatic nitrogens is 2. The van der Waals surface area contributed by atoms with E-state index in [0.717, 1.165) is 35.5 Å². The van der Waals surface area contributed by atoms with Gasteiger partial charge in [0.05, 0.1) is 29.8 Å². The number of rotatable bonds is 1. The number of anilines is 1. The quantitative estimate of drug-likeness (QED) is 0.622. The average Bonchev–Trinajstić information content (AvgIpc) is 3.18. The van der Waals surface area contributed by atoms with Gasteiger partial charge in [-0.25, -0.2) is 9.78 Å². The van der Waals surface area contributed by atoms with Crippen LogP contribution in [0.5, 0.6) is 0 Å². The molecule has 2 saturated heterocycles. The van der Waals surface area contributed by atoms with E-state index in [1.807, 2.05) is 41.0 Å². The van der Waals surface area contributed by atoms with Crippen LogP contribution in [0.3, 0.4) is 0 Å². The molecule has 0 radical (unpaired) electrons. The molecule has 5 rings (SSSR count). The van der Waals surface area contributed by atoms with E-state index in [-0.39, 0.29) is 6.03 Å². The summed E-state index contributed by atoms with van der Waals surface area (Å²) in [6.45, 7) is 7.33. The van der Waals surface area contributed by atoms with Crippen LogP contribution in [0.15, 0.2) is 30.3 Å². The largest absolute Gasteiger partial charge is 0.378 e. The van der Waals surface area contributed by atoms with Crippen molar-refractivity contribution in [3.63, 3.8) is 0 Å². The number of hydrogen-bond acceptors (Lipinski definition) is 5. The van der Waals surface area contributed by atoms with Crippen LogP contribution >= 0.6 is 0 Å². The molecule has 154 valence electrons. The standard InChI is InChI=1S/C22H24N6O2/c1-16-14-20(28-19-5-3-2-4-18(19)24-21(28)17(16)15-23)25-6-8-26(9-7-25)22(29)27-10-12-30-13-11-27/h2-5,14H,6-13H2,1H3. The number of morpholine rings is 1. The number of benzene rings is 1. The molecular weight excluding hydrogens is 380 g/mol. The van der Waals surface area contributed by atoms with Gasteiger partial charge in [-0.05, 0) is 30.7 Å². The summed E-state index contributed by atoms with van der Waals surface area (Å²) in [7, 11) is 0. The molecule has 3 aromatic rings. The monoisotopic (exact) mass is 404 g/mol. The van der Waals surface area contributed by atoms with Gasteiger partial charge >= 0.3 is 6.03 Å². The second-order valence-corrected chi connectivity index (χ2v) is 7.79. The smallest absolute Gasteiger partial charge is 0.320 e. The Morgan fingerprint density at radius 3 is 2.50 bits per heavy atom. The molecule has 0 atom stereocenters. The van der Waals surface area contributed by atoms with E-state index in [1.54, 1.807) is 0 Å². The molecule has 0 spiro atoms. The third-order valence-corrected chi connectivity index (χ3v) is 6.02. The van der Waals surface area contributed by atoms with Crippen molar-refractivity contribution in [2.75, 3.05) is 57.4 Å². The zero-order valence-corrected chi connectivity index (χ0v) is 17.0. The van der Waals surface area contributed by atoms with E-state index in [4.69, 9.17) is 9.72 Å². The van der Waals surface area contributed by atoms with Crippen LogP contribution in [0.25, 0.3) is 16.7 Å². The van der Waals surface area contributed by atoms with Crippen LogP contribution in [0.1, 0.15) is 11.1 Å². The fourth-order valence-electron chi connectivity index (χ4n) is 4.38. The van der Waals surface area contributed by atoms with Gasteiger partial charge in [-0.15, -0.1) is 0 Å².